The van der Waals surface area contributed by atoms with Gasteiger partial charge in [0.1, 0.15) is 11.6 Å². The van der Waals surface area contributed by atoms with E-state index in [2.05, 4.69) is 21.8 Å². The van der Waals surface area contributed by atoms with Gasteiger partial charge in [-0.2, -0.15) is 0 Å². The number of imidazole rings is 1. The molecule has 1 atom stereocenters. The van der Waals surface area contributed by atoms with Crippen LogP contribution in [0.4, 0.5) is 9.18 Å². The van der Waals surface area contributed by atoms with Crippen LogP contribution in [0.2, 0.25) is 0 Å². The predicted molar refractivity (Wildman–Crippen MR) is 106 cm³/mol. The van der Waals surface area contributed by atoms with E-state index in [1.54, 1.807) is 12.1 Å². The first-order valence-electron chi connectivity index (χ1n) is 10.4. The summed E-state index contributed by atoms with van der Waals surface area (Å²) in [7, 11) is 0. The van der Waals surface area contributed by atoms with Crippen molar-refractivity contribution in [2.75, 3.05) is 13.1 Å². The summed E-state index contributed by atoms with van der Waals surface area (Å²) in [6.45, 7) is 5.07. The number of carbonyl (C=O) groups excluding carboxylic acids is 1. The number of rotatable bonds is 5. The Bertz CT molecular complexity index is 812. The Morgan fingerprint density at radius 1 is 1.21 bits per heavy atom. The monoisotopic (exact) mass is 384 g/mol. The fourth-order valence-electron chi connectivity index (χ4n) is 4.26. The minimum Gasteiger partial charge on any atom is -0.334 e. The molecule has 0 spiro atoms. The normalized spacial score (nSPS) is 20.1. The Balaban J connectivity index is 1.33. The summed E-state index contributed by atoms with van der Waals surface area (Å²) >= 11 is 0. The van der Waals surface area contributed by atoms with Gasteiger partial charge in [0.05, 0.1) is 0 Å². The van der Waals surface area contributed by atoms with Crippen LogP contribution in [0, 0.1) is 18.7 Å². The summed E-state index contributed by atoms with van der Waals surface area (Å²) < 4.78 is 15.4. The molecule has 0 radical (unpaired) electrons. The van der Waals surface area contributed by atoms with Crippen molar-refractivity contribution < 1.29 is 9.18 Å². The van der Waals surface area contributed by atoms with Crippen molar-refractivity contribution in [2.24, 2.45) is 5.92 Å². The molecule has 1 saturated carbocycles. The van der Waals surface area contributed by atoms with Gasteiger partial charge in [-0.15, -0.1) is 0 Å². The Labute approximate surface area is 165 Å². The van der Waals surface area contributed by atoms with Crippen LogP contribution in [0.25, 0.3) is 0 Å². The second kappa shape index (κ2) is 8.33. The average Bonchev–Trinajstić information content (AvgIpc) is 3.00. The van der Waals surface area contributed by atoms with Gasteiger partial charge < -0.3 is 14.8 Å². The van der Waals surface area contributed by atoms with E-state index in [-0.39, 0.29) is 11.8 Å². The van der Waals surface area contributed by atoms with E-state index >= 15 is 0 Å². The van der Waals surface area contributed by atoms with Crippen LogP contribution >= 0.6 is 0 Å². The highest BCUT2D eigenvalue weighted by molar-refractivity contribution is 5.74. The summed E-state index contributed by atoms with van der Waals surface area (Å²) in [5.74, 6) is 2.05. The molecule has 2 aliphatic rings. The molecule has 1 unspecified atom stereocenters. The number of benzene rings is 1. The van der Waals surface area contributed by atoms with E-state index < -0.39 is 0 Å². The van der Waals surface area contributed by atoms with Gasteiger partial charge in [-0.05, 0) is 56.2 Å². The molecule has 4 rings (SSSR count). The number of piperidine rings is 1. The van der Waals surface area contributed by atoms with Crippen LogP contribution in [0.3, 0.4) is 0 Å². The number of halogens is 1. The van der Waals surface area contributed by atoms with Gasteiger partial charge in [0.2, 0.25) is 0 Å². The third-order valence-electron chi connectivity index (χ3n) is 6.16. The summed E-state index contributed by atoms with van der Waals surface area (Å²) in [5.41, 5.74) is 2.13. The molecule has 1 aliphatic heterocycles. The van der Waals surface area contributed by atoms with Crippen molar-refractivity contribution in [3.05, 3.63) is 53.4 Å². The zero-order chi connectivity index (χ0) is 19.5. The number of nitrogens with one attached hydrogen (secondary N) is 1. The third-order valence-corrected chi connectivity index (χ3v) is 6.16. The molecule has 2 fully saturated rings. The lowest BCUT2D eigenvalue weighted by atomic mass is 9.84. The maximum absolute atomic E-state index is 13.0. The summed E-state index contributed by atoms with van der Waals surface area (Å²) in [4.78, 5) is 19.2. The molecule has 0 bridgehead atoms. The van der Waals surface area contributed by atoms with E-state index in [0.717, 1.165) is 38.0 Å². The number of hydrogen-bond acceptors (Lipinski definition) is 2. The lowest BCUT2D eigenvalue weighted by molar-refractivity contribution is 0.158. The molecular formula is C22H29FN4O. The molecule has 28 heavy (non-hydrogen) atoms. The lowest BCUT2D eigenvalue weighted by Gasteiger charge is -2.34. The number of aromatic nitrogens is 2. The molecule has 1 aromatic heterocycles. The number of urea groups is 1. The van der Waals surface area contributed by atoms with Gasteiger partial charge in [0.15, 0.2) is 0 Å². The topological polar surface area (TPSA) is 50.2 Å². The van der Waals surface area contributed by atoms with Crippen LogP contribution in [0.15, 0.2) is 30.5 Å². The number of hydrogen-bond donors (Lipinski definition) is 1. The fraction of sp³-hybridized carbons (Fsp3) is 0.545. The molecule has 1 aromatic carbocycles. The van der Waals surface area contributed by atoms with Crippen LogP contribution in [0.1, 0.15) is 55.1 Å². The van der Waals surface area contributed by atoms with Crippen LogP contribution in [-0.4, -0.2) is 33.6 Å². The van der Waals surface area contributed by atoms with E-state index in [9.17, 15) is 9.18 Å². The molecule has 5 nitrogen and oxygen atoms in total. The summed E-state index contributed by atoms with van der Waals surface area (Å²) in [6, 6.07) is 6.23. The number of carbonyl (C=O) groups is 1. The minimum atomic E-state index is -0.259. The number of aryl methyl sites for hydroxylation is 1. The molecule has 6 heteroatoms. The fourth-order valence-corrected chi connectivity index (χ4v) is 4.26. The standard InChI is InChI=1S/C22H29FN4O/c1-16-12-24-21(19-5-2-6-19)27(16)15-18-4-3-11-26(14-18)22(28)25-13-17-7-9-20(23)10-8-17/h7-10,12,18-19H,2-6,11,13-15H2,1H3,(H,25,28). The largest absolute Gasteiger partial charge is 0.334 e. The molecule has 1 aliphatic carbocycles. The Morgan fingerprint density at radius 2 is 2.00 bits per heavy atom. The van der Waals surface area contributed by atoms with Crippen molar-refractivity contribution in [1.29, 1.82) is 0 Å². The second-order valence-electron chi connectivity index (χ2n) is 8.24. The molecular weight excluding hydrogens is 355 g/mol. The number of likely N-dealkylation sites (tertiary alicyclic amines) is 1. The van der Waals surface area contributed by atoms with Crippen molar-refractivity contribution in [3.8, 4) is 0 Å². The number of amides is 2. The van der Waals surface area contributed by atoms with Gasteiger partial charge in [-0.1, -0.05) is 18.6 Å². The van der Waals surface area contributed by atoms with Gasteiger partial charge >= 0.3 is 6.03 Å². The Kier molecular flexibility index (Phi) is 5.64. The van der Waals surface area contributed by atoms with E-state index in [1.165, 1.54) is 42.9 Å². The van der Waals surface area contributed by atoms with E-state index in [1.807, 2.05) is 11.1 Å². The Morgan fingerprint density at radius 3 is 2.71 bits per heavy atom. The average molecular weight is 384 g/mol. The lowest BCUT2D eigenvalue weighted by Crippen LogP contribution is -2.46. The maximum Gasteiger partial charge on any atom is 0.317 e. The first-order valence-corrected chi connectivity index (χ1v) is 10.4. The van der Waals surface area contributed by atoms with Crippen molar-refractivity contribution >= 4 is 6.03 Å². The van der Waals surface area contributed by atoms with Crippen molar-refractivity contribution in [2.45, 2.75) is 58.0 Å². The van der Waals surface area contributed by atoms with Crippen molar-refractivity contribution in [3.63, 3.8) is 0 Å². The van der Waals surface area contributed by atoms with Crippen molar-refractivity contribution in [1.82, 2.24) is 19.8 Å². The van der Waals surface area contributed by atoms with Crippen LogP contribution < -0.4 is 5.32 Å². The molecule has 150 valence electrons. The third kappa shape index (κ3) is 4.21. The van der Waals surface area contributed by atoms with Crippen LogP contribution in [0.5, 0.6) is 0 Å². The smallest absolute Gasteiger partial charge is 0.317 e. The van der Waals surface area contributed by atoms with Gasteiger partial charge in [0.25, 0.3) is 0 Å². The second-order valence-corrected chi connectivity index (χ2v) is 8.24. The SMILES string of the molecule is Cc1cnc(C2CCC2)n1CC1CCCN(C(=O)NCc2ccc(F)cc2)C1. The zero-order valence-electron chi connectivity index (χ0n) is 16.5. The molecule has 2 heterocycles. The van der Waals surface area contributed by atoms with Gasteiger partial charge in [0, 0.05) is 44.0 Å². The molecule has 2 aromatic rings. The van der Waals surface area contributed by atoms with E-state index in [0.29, 0.717) is 18.4 Å². The zero-order valence-corrected chi connectivity index (χ0v) is 16.5. The highest BCUT2D eigenvalue weighted by Crippen LogP contribution is 2.36. The summed E-state index contributed by atoms with van der Waals surface area (Å²) in [5, 5.41) is 2.97. The van der Waals surface area contributed by atoms with Gasteiger partial charge in [-0.3, -0.25) is 0 Å². The van der Waals surface area contributed by atoms with Gasteiger partial charge in [-0.25, -0.2) is 14.2 Å². The molecule has 2 amide bonds. The highest BCUT2D eigenvalue weighted by atomic mass is 19.1. The first kappa shape index (κ1) is 19.0. The van der Waals surface area contributed by atoms with Crippen LogP contribution in [-0.2, 0) is 13.1 Å². The summed E-state index contributed by atoms with van der Waals surface area (Å²) in [6.07, 6.45) is 7.97. The molecule has 1 saturated heterocycles. The van der Waals surface area contributed by atoms with E-state index in [4.69, 9.17) is 0 Å². The highest BCUT2D eigenvalue weighted by Gasteiger charge is 2.28. The predicted octanol–water partition coefficient (Wildman–Crippen LogP) is 4.22. The number of nitrogens with zero attached hydrogens (tertiary/aromatic N) is 3. The first-order chi connectivity index (χ1) is 13.6. The maximum atomic E-state index is 13.0. The molecule has 1 N–H and O–H groups in total. The Hall–Kier alpha value is -2.37. The quantitative estimate of drug-likeness (QED) is 0.839. The minimum absolute atomic E-state index is 0.0319.